The first-order valence-electron chi connectivity index (χ1n) is 9.03. The molecule has 0 radical (unpaired) electrons. The summed E-state index contributed by atoms with van der Waals surface area (Å²) >= 11 is 0. The zero-order valence-corrected chi connectivity index (χ0v) is 16.2. The van der Waals surface area contributed by atoms with E-state index < -0.39 is 31.1 Å². The van der Waals surface area contributed by atoms with Gasteiger partial charge in [-0.3, -0.25) is 10.1 Å². The van der Waals surface area contributed by atoms with Crippen molar-refractivity contribution in [2.45, 2.75) is 36.5 Å². The molecule has 0 atom stereocenters. The van der Waals surface area contributed by atoms with Crippen LogP contribution in [-0.2, 0) is 16.4 Å². The van der Waals surface area contributed by atoms with E-state index in [0.29, 0.717) is 6.07 Å². The van der Waals surface area contributed by atoms with Crippen LogP contribution in [0.5, 0.6) is 0 Å². The van der Waals surface area contributed by atoms with Crippen molar-refractivity contribution < 1.29 is 22.1 Å². The second kappa shape index (κ2) is 8.68. The molecule has 0 spiro atoms. The Morgan fingerprint density at radius 2 is 1.90 bits per heavy atom. The van der Waals surface area contributed by atoms with Crippen LogP contribution in [0.2, 0.25) is 0 Å². The molecule has 0 saturated carbocycles. The van der Waals surface area contributed by atoms with Gasteiger partial charge in [-0.2, -0.15) is 8.78 Å². The van der Waals surface area contributed by atoms with Gasteiger partial charge in [0, 0.05) is 31.9 Å². The molecule has 1 aliphatic heterocycles. The van der Waals surface area contributed by atoms with E-state index in [1.54, 1.807) is 12.3 Å². The highest BCUT2D eigenvalue weighted by atomic mass is 32.2. The van der Waals surface area contributed by atoms with Crippen molar-refractivity contribution >= 4 is 27.0 Å². The highest BCUT2D eigenvalue weighted by Crippen LogP contribution is 2.30. The van der Waals surface area contributed by atoms with Gasteiger partial charge in [0.05, 0.1) is 9.82 Å². The van der Waals surface area contributed by atoms with Crippen LogP contribution in [0.4, 0.5) is 26.0 Å². The number of aromatic nitrogens is 1. The molecule has 0 amide bonds. The first kappa shape index (κ1) is 20.9. The molecule has 0 aliphatic carbocycles. The van der Waals surface area contributed by atoms with Crippen LogP contribution in [0.25, 0.3) is 0 Å². The number of hydrogen-bond donors (Lipinski definition) is 1. The van der Waals surface area contributed by atoms with Gasteiger partial charge in [-0.05, 0) is 49.1 Å². The number of pyridine rings is 1. The predicted molar refractivity (Wildman–Crippen MR) is 104 cm³/mol. The molecule has 156 valence electrons. The Bertz CT molecular complexity index is 995. The van der Waals surface area contributed by atoms with Gasteiger partial charge in [0.15, 0.2) is 0 Å². The molecule has 2 heterocycles. The minimum atomic E-state index is -4.91. The minimum absolute atomic E-state index is 0.0413. The van der Waals surface area contributed by atoms with E-state index in [1.807, 2.05) is 6.07 Å². The Morgan fingerprint density at radius 3 is 2.55 bits per heavy atom. The van der Waals surface area contributed by atoms with Crippen LogP contribution >= 0.6 is 0 Å². The summed E-state index contributed by atoms with van der Waals surface area (Å²) in [5.41, 5.74) is 0.288. The van der Waals surface area contributed by atoms with Gasteiger partial charge in [-0.15, -0.1) is 0 Å². The van der Waals surface area contributed by atoms with E-state index in [-0.39, 0.29) is 12.2 Å². The molecular formula is C18H20F2N4O4S. The lowest BCUT2D eigenvalue weighted by atomic mass is 10.1. The maximum atomic E-state index is 12.7. The van der Waals surface area contributed by atoms with Crippen molar-refractivity contribution in [3.63, 3.8) is 0 Å². The maximum absolute atomic E-state index is 12.7. The SMILES string of the molecule is O=[N+]([O-])c1cc(S(=O)(=O)C(F)F)ccc1NCc1ccnc(N2CCCCC2)c1. The third-order valence-corrected chi connectivity index (χ3v) is 6.08. The number of nitrogens with one attached hydrogen (secondary N) is 1. The first-order chi connectivity index (χ1) is 13.8. The van der Waals surface area contributed by atoms with Crippen molar-refractivity contribution in [2.75, 3.05) is 23.3 Å². The first-order valence-corrected chi connectivity index (χ1v) is 10.6. The number of alkyl halides is 2. The van der Waals surface area contributed by atoms with Crippen LogP contribution in [0.3, 0.4) is 0 Å². The lowest BCUT2D eigenvalue weighted by Crippen LogP contribution is -2.30. The minimum Gasteiger partial charge on any atom is -0.375 e. The highest BCUT2D eigenvalue weighted by molar-refractivity contribution is 7.91. The Kier molecular flexibility index (Phi) is 6.26. The van der Waals surface area contributed by atoms with Gasteiger partial charge in [0.1, 0.15) is 11.5 Å². The van der Waals surface area contributed by atoms with Crippen molar-refractivity contribution in [3.05, 3.63) is 52.2 Å². The van der Waals surface area contributed by atoms with E-state index in [9.17, 15) is 27.3 Å². The number of sulfone groups is 1. The third kappa shape index (κ3) is 4.78. The zero-order valence-electron chi connectivity index (χ0n) is 15.4. The summed E-state index contributed by atoms with van der Waals surface area (Å²) in [5.74, 6) is -2.82. The van der Waals surface area contributed by atoms with E-state index in [4.69, 9.17) is 0 Å². The van der Waals surface area contributed by atoms with E-state index in [1.165, 1.54) is 6.42 Å². The molecule has 1 aromatic heterocycles. The molecule has 2 aromatic rings. The van der Waals surface area contributed by atoms with Crippen molar-refractivity contribution in [3.8, 4) is 0 Å². The van der Waals surface area contributed by atoms with E-state index >= 15 is 0 Å². The summed E-state index contributed by atoms with van der Waals surface area (Å²) < 4.78 is 48.6. The highest BCUT2D eigenvalue weighted by Gasteiger charge is 2.29. The van der Waals surface area contributed by atoms with Crippen LogP contribution in [0, 0.1) is 10.1 Å². The molecule has 1 aliphatic rings. The number of hydrogen-bond acceptors (Lipinski definition) is 7. The van der Waals surface area contributed by atoms with Crippen LogP contribution in [0.1, 0.15) is 24.8 Å². The van der Waals surface area contributed by atoms with Gasteiger partial charge in [0.25, 0.3) is 5.69 Å². The zero-order chi connectivity index (χ0) is 21.0. The molecule has 8 nitrogen and oxygen atoms in total. The monoisotopic (exact) mass is 426 g/mol. The number of nitrogens with zero attached hydrogens (tertiary/aromatic N) is 3. The molecule has 11 heteroatoms. The number of benzene rings is 1. The number of anilines is 2. The second-order valence-electron chi connectivity index (χ2n) is 6.67. The van der Waals surface area contributed by atoms with Crippen LogP contribution in [0.15, 0.2) is 41.4 Å². The lowest BCUT2D eigenvalue weighted by molar-refractivity contribution is -0.384. The molecule has 1 aromatic carbocycles. The molecule has 0 unspecified atom stereocenters. The van der Waals surface area contributed by atoms with Crippen LogP contribution in [-0.4, -0.2) is 37.2 Å². The number of nitro groups is 1. The molecule has 3 rings (SSSR count). The fraction of sp³-hybridized carbons (Fsp3) is 0.389. The van der Waals surface area contributed by atoms with E-state index in [2.05, 4.69) is 15.2 Å². The number of piperidine rings is 1. The smallest absolute Gasteiger partial charge is 0.341 e. The quantitative estimate of drug-likeness (QED) is 0.533. The topological polar surface area (TPSA) is 105 Å². The summed E-state index contributed by atoms with van der Waals surface area (Å²) in [6.45, 7) is 2.08. The molecule has 1 fully saturated rings. The van der Waals surface area contributed by atoms with Crippen molar-refractivity contribution in [1.82, 2.24) is 4.98 Å². The number of rotatable bonds is 7. The Balaban J connectivity index is 1.79. The van der Waals surface area contributed by atoms with E-state index in [0.717, 1.165) is 49.4 Å². The van der Waals surface area contributed by atoms with Crippen molar-refractivity contribution in [2.24, 2.45) is 0 Å². The fourth-order valence-electron chi connectivity index (χ4n) is 3.16. The summed E-state index contributed by atoms with van der Waals surface area (Å²) in [6, 6.07) is 6.36. The molecule has 1 N–H and O–H groups in total. The Morgan fingerprint density at radius 1 is 1.17 bits per heavy atom. The number of halogens is 2. The molecular weight excluding hydrogens is 406 g/mol. The standard InChI is InChI=1S/C18H20F2N4O4S/c19-18(20)29(27,28)14-4-5-15(16(11-14)24(25)26)22-12-13-6-7-21-17(10-13)23-8-2-1-3-9-23/h4-7,10-11,18,22H,1-3,8-9,12H2. The number of nitro benzene ring substituents is 1. The van der Waals surface area contributed by atoms with Gasteiger partial charge >= 0.3 is 5.76 Å². The summed E-state index contributed by atoms with van der Waals surface area (Å²) in [4.78, 5) is 16.3. The van der Waals surface area contributed by atoms with Crippen LogP contribution < -0.4 is 10.2 Å². The second-order valence-corrected chi connectivity index (χ2v) is 8.58. The normalized spacial score (nSPS) is 14.8. The molecule has 29 heavy (non-hydrogen) atoms. The Labute approximate surface area is 166 Å². The lowest BCUT2D eigenvalue weighted by Gasteiger charge is -2.28. The molecule has 0 bridgehead atoms. The van der Waals surface area contributed by atoms with Gasteiger partial charge in [-0.25, -0.2) is 13.4 Å². The average Bonchev–Trinajstić information content (AvgIpc) is 2.72. The molecule has 1 saturated heterocycles. The fourth-order valence-corrected chi connectivity index (χ4v) is 3.89. The maximum Gasteiger partial charge on any atom is 0.341 e. The predicted octanol–water partition coefficient (Wildman–Crippen LogP) is 3.59. The third-order valence-electron chi connectivity index (χ3n) is 4.70. The summed E-state index contributed by atoms with van der Waals surface area (Å²) in [6.07, 6.45) is 5.06. The van der Waals surface area contributed by atoms with Gasteiger partial charge < -0.3 is 10.2 Å². The summed E-state index contributed by atoms with van der Waals surface area (Å²) in [7, 11) is -4.91. The van der Waals surface area contributed by atoms with Gasteiger partial charge in [0.2, 0.25) is 9.84 Å². The van der Waals surface area contributed by atoms with Crippen molar-refractivity contribution in [1.29, 1.82) is 0 Å². The Hall–Kier alpha value is -2.82. The average molecular weight is 426 g/mol. The summed E-state index contributed by atoms with van der Waals surface area (Å²) in [5, 5.41) is 14.2. The van der Waals surface area contributed by atoms with Gasteiger partial charge in [-0.1, -0.05) is 0 Å². The largest absolute Gasteiger partial charge is 0.375 e.